The molecule has 7 nitrogen and oxygen atoms in total. The molecule has 0 radical (unpaired) electrons. The van der Waals surface area contributed by atoms with Gasteiger partial charge in [-0.15, -0.1) is 0 Å². The second-order valence-electron chi connectivity index (χ2n) is 11.4. The van der Waals surface area contributed by atoms with Crippen LogP contribution >= 0.6 is 0 Å². The number of nitrogens with one attached hydrogen (secondary N) is 2. The number of nitrogens with zero attached hydrogens (tertiary/aromatic N) is 3. The molecule has 176 valence electrons. The zero-order valence-electron chi connectivity index (χ0n) is 19.6. The van der Waals surface area contributed by atoms with Crippen LogP contribution in [0, 0.1) is 23.2 Å². The maximum absolute atomic E-state index is 13.2. The van der Waals surface area contributed by atoms with E-state index in [9.17, 15) is 9.59 Å². The van der Waals surface area contributed by atoms with E-state index < -0.39 is 0 Å². The van der Waals surface area contributed by atoms with Gasteiger partial charge in [0.2, 0.25) is 5.91 Å². The van der Waals surface area contributed by atoms with E-state index in [1.165, 1.54) is 38.5 Å². The van der Waals surface area contributed by atoms with Gasteiger partial charge in [-0.25, -0.2) is 4.98 Å². The highest BCUT2D eigenvalue weighted by Gasteiger charge is 2.50. The third kappa shape index (κ3) is 4.16. The summed E-state index contributed by atoms with van der Waals surface area (Å²) in [6, 6.07) is 6.00. The quantitative estimate of drug-likeness (QED) is 0.711. The number of carbonyl (C=O) groups excluding carboxylic acids is 2. The van der Waals surface area contributed by atoms with E-state index in [1.54, 1.807) is 6.92 Å². The summed E-state index contributed by atoms with van der Waals surface area (Å²) in [5, 5.41) is 6.33. The van der Waals surface area contributed by atoms with Crippen molar-refractivity contribution in [1.82, 2.24) is 24.9 Å². The molecule has 4 saturated carbocycles. The van der Waals surface area contributed by atoms with Gasteiger partial charge in [-0.2, -0.15) is 0 Å². The fourth-order valence-electron chi connectivity index (χ4n) is 7.80. The monoisotopic (exact) mass is 449 g/mol. The summed E-state index contributed by atoms with van der Waals surface area (Å²) in [5.74, 6) is 2.71. The molecular formula is C26H35N5O2. The highest BCUT2D eigenvalue weighted by molar-refractivity contribution is 5.93. The zero-order valence-corrected chi connectivity index (χ0v) is 19.6. The number of likely N-dealkylation sites (tertiary alicyclic amines) is 1. The van der Waals surface area contributed by atoms with Crippen LogP contribution in [0.1, 0.15) is 68.1 Å². The molecule has 4 bridgehead atoms. The minimum Gasteiger partial charge on any atom is -0.352 e. The number of hydrogen-bond donors (Lipinski definition) is 2. The molecule has 2 amide bonds. The Morgan fingerprint density at radius 2 is 1.85 bits per heavy atom. The second-order valence-corrected chi connectivity index (χ2v) is 11.4. The van der Waals surface area contributed by atoms with Crippen molar-refractivity contribution in [2.45, 2.75) is 64.5 Å². The van der Waals surface area contributed by atoms with Gasteiger partial charge in [-0.05, 0) is 80.2 Å². The van der Waals surface area contributed by atoms with Crippen LogP contribution in [-0.2, 0) is 11.3 Å². The van der Waals surface area contributed by atoms with Gasteiger partial charge < -0.3 is 10.6 Å². The lowest BCUT2D eigenvalue weighted by Crippen LogP contribution is -2.51. The molecule has 0 spiro atoms. The molecule has 0 unspecified atom stereocenters. The maximum atomic E-state index is 13.2. The Kier molecular flexibility index (Phi) is 5.20. The van der Waals surface area contributed by atoms with Gasteiger partial charge in [-0.1, -0.05) is 6.07 Å². The Hall–Kier alpha value is -2.41. The lowest BCUT2D eigenvalue weighted by atomic mass is 9.49. The van der Waals surface area contributed by atoms with Crippen LogP contribution in [0.5, 0.6) is 0 Å². The van der Waals surface area contributed by atoms with Crippen LogP contribution in [0.25, 0.3) is 5.65 Å². The third-order valence-electron chi connectivity index (χ3n) is 8.63. The summed E-state index contributed by atoms with van der Waals surface area (Å²) in [6.07, 6.45) is 11.1. The number of rotatable bonds is 6. The number of imidazole rings is 1. The number of pyridine rings is 1. The standard InChI is InChI=1S/C26H35N5O2/c1-17(32)28-21-5-6-30(13-21)14-22-15-31-23(3-2-4-24(31)29-22)25(33)27-16-26-10-18-7-19(11-26)9-20(8-18)12-26/h2-4,15,18-21H,5-14,16H2,1H3,(H,27,33)(H,28,32)/t18?,19?,20?,21-,26?/m1/s1. The molecule has 33 heavy (non-hydrogen) atoms. The number of fused-ring (bicyclic) bond motifs is 1. The molecule has 1 saturated heterocycles. The maximum Gasteiger partial charge on any atom is 0.268 e. The van der Waals surface area contributed by atoms with E-state index in [0.717, 1.165) is 61.7 Å². The molecule has 2 N–H and O–H groups in total. The molecule has 7 rings (SSSR count). The van der Waals surface area contributed by atoms with E-state index in [1.807, 2.05) is 28.8 Å². The minimum atomic E-state index is 0.00666. The van der Waals surface area contributed by atoms with Crippen molar-refractivity contribution in [2.24, 2.45) is 23.2 Å². The Morgan fingerprint density at radius 3 is 2.55 bits per heavy atom. The molecule has 5 fully saturated rings. The first kappa shape index (κ1) is 21.1. The van der Waals surface area contributed by atoms with Crippen molar-refractivity contribution >= 4 is 17.5 Å². The van der Waals surface area contributed by atoms with Crippen LogP contribution in [0.15, 0.2) is 24.4 Å². The summed E-state index contributed by atoms with van der Waals surface area (Å²) in [6.45, 7) is 4.89. The SMILES string of the molecule is CC(=O)N[C@@H]1CCN(Cc2cn3c(C(=O)NCC45CC6CC(CC(C6)C4)C5)cccc3n2)C1. The molecule has 5 aliphatic rings. The van der Waals surface area contributed by atoms with Crippen molar-refractivity contribution in [3.63, 3.8) is 0 Å². The topological polar surface area (TPSA) is 78.7 Å². The normalized spacial score (nSPS) is 33.0. The highest BCUT2D eigenvalue weighted by Crippen LogP contribution is 2.59. The summed E-state index contributed by atoms with van der Waals surface area (Å²) < 4.78 is 1.94. The number of amides is 2. The predicted octanol–water partition coefficient (Wildman–Crippen LogP) is 2.99. The van der Waals surface area contributed by atoms with Gasteiger partial charge in [0.25, 0.3) is 5.91 Å². The zero-order chi connectivity index (χ0) is 22.6. The number of aromatic nitrogens is 2. The van der Waals surface area contributed by atoms with Crippen molar-refractivity contribution in [3.05, 3.63) is 35.8 Å². The fraction of sp³-hybridized carbons (Fsp3) is 0.654. The van der Waals surface area contributed by atoms with E-state index in [4.69, 9.17) is 4.98 Å². The first-order valence-corrected chi connectivity index (χ1v) is 12.7. The highest BCUT2D eigenvalue weighted by atomic mass is 16.2. The summed E-state index contributed by atoms with van der Waals surface area (Å²) in [7, 11) is 0. The van der Waals surface area contributed by atoms with Crippen molar-refractivity contribution in [3.8, 4) is 0 Å². The van der Waals surface area contributed by atoms with Gasteiger partial charge >= 0.3 is 0 Å². The van der Waals surface area contributed by atoms with Gasteiger partial charge in [0.15, 0.2) is 0 Å². The second kappa shape index (κ2) is 8.12. The van der Waals surface area contributed by atoms with Crippen molar-refractivity contribution in [1.29, 1.82) is 0 Å². The van der Waals surface area contributed by atoms with Crippen molar-refractivity contribution < 1.29 is 9.59 Å². The number of carbonyl (C=O) groups is 2. The third-order valence-corrected chi connectivity index (χ3v) is 8.63. The van der Waals surface area contributed by atoms with Gasteiger partial charge in [-0.3, -0.25) is 18.9 Å². The van der Waals surface area contributed by atoms with E-state index in [2.05, 4.69) is 15.5 Å². The average Bonchev–Trinajstić information content (AvgIpc) is 3.36. The van der Waals surface area contributed by atoms with Gasteiger partial charge in [0.05, 0.1) is 5.69 Å². The number of hydrogen-bond acceptors (Lipinski definition) is 4. The average molecular weight is 450 g/mol. The Bertz CT molecular complexity index is 1040. The minimum absolute atomic E-state index is 0.00666. The van der Waals surface area contributed by atoms with Crippen LogP contribution < -0.4 is 10.6 Å². The van der Waals surface area contributed by atoms with Crippen LogP contribution in [0.4, 0.5) is 0 Å². The van der Waals surface area contributed by atoms with E-state index in [-0.39, 0.29) is 17.9 Å². The van der Waals surface area contributed by atoms with E-state index in [0.29, 0.717) is 11.1 Å². The smallest absolute Gasteiger partial charge is 0.268 e. The first-order chi connectivity index (χ1) is 15.9. The molecule has 2 aromatic rings. The molecule has 1 aliphatic heterocycles. The first-order valence-electron chi connectivity index (χ1n) is 12.7. The Balaban J connectivity index is 1.13. The lowest BCUT2D eigenvalue weighted by Gasteiger charge is -2.56. The molecule has 4 aliphatic carbocycles. The van der Waals surface area contributed by atoms with Gasteiger partial charge in [0, 0.05) is 45.3 Å². The molecule has 0 aromatic carbocycles. The summed E-state index contributed by atoms with van der Waals surface area (Å²) in [5.41, 5.74) is 2.76. The predicted molar refractivity (Wildman–Crippen MR) is 126 cm³/mol. The molecule has 2 aromatic heterocycles. The van der Waals surface area contributed by atoms with Crippen LogP contribution in [0.3, 0.4) is 0 Å². The lowest BCUT2D eigenvalue weighted by molar-refractivity contribution is -0.119. The molecular weight excluding hydrogens is 414 g/mol. The molecule has 1 atom stereocenters. The summed E-state index contributed by atoms with van der Waals surface area (Å²) >= 11 is 0. The molecule has 7 heteroatoms. The Morgan fingerprint density at radius 1 is 1.12 bits per heavy atom. The van der Waals surface area contributed by atoms with Crippen molar-refractivity contribution in [2.75, 3.05) is 19.6 Å². The molecule has 3 heterocycles. The van der Waals surface area contributed by atoms with Crippen LogP contribution in [0.2, 0.25) is 0 Å². The Labute approximate surface area is 195 Å². The van der Waals surface area contributed by atoms with Crippen LogP contribution in [-0.4, -0.2) is 51.8 Å². The largest absolute Gasteiger partial charge is 0.352 e. The summed E-state index contributed by atoms with van der Waals surface area (Å²) in [4.78, 5) is 31.7. The van der Waals surface area contributed by atoms with E-state index >= 15 is 0 Å². The fourth-order valence-corrected chi connectivity index (χ4v) is 7.80. The van der Waals surface area contributed by atoms with Gasteiger partial charge in [0.1, 0.15) is 11.3 Å².